The summed E-state index contributed by atoms with van der Waals surface area (Å²) >= 11 is 0. The maximum absolute atomic E-state index is 12.9. The number of aromatic nitrogens is 2. The van der Waals surface area contributed by atoms with Crippen LogP contribution in [0, 0.1) is 5.41 Å². The molecule has 2 heterocycles. The number of piperidine rings is 1. The molecular formula is C21H33ClN4O2. The lowest BCUT2D eigenvalue weighted by molar-refractivity contribution is 0.0789. The molecule has 1 amide bonds. The van der Waals surface area contributed by atoms with Crippen LogP contribution in [0.2, 0.25) is 0 Å². The van der Waals surface area contributed by atoms with Crippen molar-refractivity contribution < 1.29 is 9.90 Å². The van der Waals surface area contributed by atoms with Crippen molar-refractivity contribution in [1.82, 2.24) is 20.0 Å². The molecule has 1 aliphatic heterocycles. The Labute approximate surface area is 173 Å². The van der Waals surface area contributed by atoms with E-state index in [1.807, 2.05) is 28.9 Å². The monoisotopic (exact) mass is 408 g/mol. The summed E-state index contributed by atoms with van der Waals surface area (Å²) in [6.07, 6.45) is 1.85. The second kappa shape index (κ2) is 9.25. The summed E-state index contributed by atoms with van der Waals surface area (Å²) in [5.74, 6) is -0.0836. The normalized spacial score (nSPS) is 16.4. The molecule has 0 unspecified atom stereocenters. The van der Waals surface area contributed by atoms with Gasteiger partial charge in [0.1, 0.15) is 0 Å². The predicted molar refractivity (Wildman–Crippen MR) is 115 cm³/mol. The smallest absolute Gasteiger partial charge is 0.272 e. The van der Waals surface area contributed by atoms with Crippen LogP contribution in [-0.2, 0) is 0 Å². The number of nitrogens with one attached hydrogen (secondary N) is 1. The highest BCUT2D eigenvalue weighted by molar-refractivity contribution is 6.05. The molecule has 1 saturated heterocycles. The second-order valence-corrected chi connectivity index (χ2v) is 8.75. The summed E-state index contributed by atoms with van der Waals surface area (Å²) in [4.78, 5) is 15.3. The predicted octanol–water partition coefficient (Wildman–Crippen LogP) is 3.25. The number of carbonyl (C=O) groups is 1. The number of hydrogen-bond acceptors (Lipinski definition) is 4. The fraction of sp³-hybridized carbons (Fsp3) is 0.619. The van der Waals surface area contributed by atoms with Gasteiger partial charge in [-0.15, -0.1) is 12.4 Å². The summed E-state index contributed by atoms with van der Waals surface area (Å²) in [5, 5.41) is 18.1. The second-order valence-electron chi connectivity index (χ2n) is 8.75. The highest BCUT2D eigenvalue weighted by atomic mass is 35.5. The molecule has 0 bridgehead atoms. The van der Waals surface area contributed by atoms with E-state index in [0.29, 0.717) is 5.69 Å². The standard InChI is InChI=1S/C21H32N4O2.ClH/c1-15(2)25-18-8-6-5-7-17(18)19(23-25)20(27)22-16-9-11-24(12-10-16)13-21(3,4)14-26;/h5-8,15-16,26H,9-14H2,1-4H3,(H,22,27);1H. The lowest BCUT2D eigenvalue weighted by atomic mass is 9.92. The van der Waals surface area contributed by atoms with Crippen LogP contribution in [0.3, 0.4) is 0 Å². The number of rotatable bonds is 6. The van der Waals surface area contributed by atoms with Gasteiger partial charge >= 0.3 is 0 Å². The first-order valence-corrected chi connectivity index (χ1v) is 9.92. The van der Waals surface area contributed by atoms with Crippen LogP contribution in [0.4, 0.5) is 0 Å². The number of amides is 1. The van der Waals surface area contributed by atoms with Gasteiger partial charge in [-0.25, -0.2) is 0 Å². The first-order valence-electron chi connectivity index (χ1n) is 9.92. The number of aliphatic hydroxyl groups is 1. The highest BCUT2D eigenvalue weighted by Gasteiger charge is 2.27. The van der Waals surface area contributed by atoms with Crippen molar-refractivity contribution in [3.63, 3.8) is 0 Å². The Hall–Kier alpha value is -1.63. The van der Waals surface area contributed by atoms with E-state index < -0.39 is 0 Å². The van der Waals surface area contributed by atoms with Gasteiger partial charge in [0.25, 0.3) is 5.91 Å². The quantitative estimate of drug-likeness (QED) is 0.769. The Kier molecular flexibility index (Phi) is 7.48. The number of likely N-dealkylation sites (tertiary alicyclic amines) is 1. The van der Waals surface area contributed by atoms with E-state index in [-0.39, 0.29) is 42.4 Å². The van der Waals surface area contributed by atoms with E-state index in [0.717, 1.165) is 43.4 Å². The van der Waals surface area contributed by atoms with Gasteiger partial charge in [-0.1, -0.05) is 32.0 Å². The van der Waals surface area contributed by atoms with Crippen molar-refractivity contribution in [2.24, 2.45) is 5.41 Å². The Morgan fingerprint density at radius 3 is 2.54 bits per heavy atom. The molecular weight excluding hydrogens is 376 g/mol. The van der Waals surface area contributed by atoms with Gasteiger partial charge < -0.3 is 15.3 Å². The van der Waals surface area contributed by atoms with E-state index in [4.69, 9.17) is 0 Å². The van der Waals surface area contributed by atoms with Gasteiger partial charge in [0.05, 0.1) is 5.52 Å². The summed E-state index contributed by atoms with van der Waals surface area (Å²) in [6, 6.07) is 8.29. The number of carbonyl (C=O) groups excluding carboxylic acids is 1. The fourth-order valence-electron chi connectivity index (χ4n) is 3.79. The maximum atomic E-state index is 12.9. The maximum Gasteiger partial charge on any atom is 0.272 e. The molecule has 2 aromatic rings. The lowest BCUT2D eigenvalue weighted by Crippen LogP contribution is -2.47. The third kappa shape index (κ3) is 5.04. The summed E-state index contributed by atoms with van der Waals surface area (Å²) in [7, 11) is 0. The molecule has 7 heteroatoms. The minimum absolute atomic E-state index is 0. The zero-order valence-corrected chi connectivity index (χ0v) is 18.1. The average molecular weight is 409 g/mol. The van der Waals surface area contributed by atoms with Gasteiger partial charge in [-0.05, 0) is 32.8 Å². The molecule has 1 aromatic carbocycles. The molecule has 156 valence electrons. The zero-order chi connectivity index (χ0) is 19.6. The molecule has 1 fully saturated rings. The molecule has 0 atom stereocenters. The van der Waals surface area contributed by atoms with Crippen LogP contribution in [0.1, 0.15) is 57.1 Å². The minimum Gasteiger partial charge on any atom is -0.396 e. The highest BCUT2D eigenvalue weighted by Crippen LogP contribution is 2.23. The van der Waals surface area contributed by atoms with Crippen molar-refractivity contribution in [2.75, 3.05) is 26.2 Å². The number of aliphatic hydroxyl groups excluding tert-OH is 1. The van der Waals surface area contributed by atoms with E-state index >= 15 is 0 Å². The third-order valence-electron chi connectivity index (χ3n) is 5.32. The Morgan fingerprint density at radius 2 is 1.93 bits per heavy atom. The summed E-state index contributed by atoms with van der Waals surface area (Å²) < 4.78 is 1.92. The van der Waals surface area contributed by atoms with Crippen molar-refractivity contribution in [2.45, 2.75) is 52.6 Å². The van der Waals surface area contributed by atoms with E-state index in [9.17, 15) is 9.90 Å². The van der Waals surface area contributed by atoms with Crippen LogP contribution < -0.4 is 5.32 Å². The van der Waals surface area contributed by atoms with E-state index in [1.165, 1.54) is 0 Å². The van der Waals surface area contributed by atoms with Gasteiger partial charge in [-0.3, -0.25) is 9.48 Å². The van der Waals surface area contributed by atoms with Gasteiger partial charge in [-0.2, -0.15) is 5.10 Å². The van der Waals surface area contributed by atoms with E-state index in [1.54, 1.807) is 0 Å². The van der Waals surface area contributed by atoms with E-state index in [2.05, 4.69) is 43.0 Å². The molecule has 0 spiro atoms. The van der Waals surface area contributed by atoms with Gasteiger partial charge in [0.15, 0.2) is 5.69 Å². The molecule has 0 saturated carbocycles. The first kappa shape index (κ1) is 22.7. The number of nitrogens with zero attached hydrogens (tertiary/aromatic N) is 3. The molecule has 0 radical (unpaired) electrons. The van der Waals surface area contributed by atoms with Crippen LogP contribution in [0.25, 0.3) is 10.9 Å². The average Bonchev–Trinajstić information content (AvgIpc) is 3.03. The van der Waals surface area contributed by atoms with Gasteiger partial charge in [0, 0.05) is 49.1 Å². The first-order chi connectivity index (χ1) is 12.8. The molecule has 28 heavy (non-hydrogen) atoms. The molecule has 1 aromatic heterocycles. The summed E-state index contributed by atoms with van der Waals surface area (Å²) in [5.41, 5.74) is 1.43. The van der Waals surface area contributed by atoms with Crippen molar-refractivity contribution in [3.05, 3.63) is 30.0 Å². The number of fused-ring (bicyclic) bond motifs is 1. The molecule has 0 aliphatic carbocycles. The number of benzene rings is 1. The molecule has 1 aliphatic rings. The zero-order valence-electron chi connectivity index (χ0n) is 17.3. The molecule has 2 N–H and O–H groups in total. The Morgan fingerprint density at radius 1 is 1.29 bits per heavy atom. The fourth-order valence-corrected chi connectivity index (χ4v) is 3.79. The van der Waals surface area contributed by atoms with Gasteiger partial charge in [0.2, 0.25) is 0 Å². The Bertz CT molecular complexity index is 795. The topological polar surface area (TPSA) is 70.4 Å². The lowest BCUT2D eigenvalue weighted by Gasteiger charge is -2.36. The van der Waals surface area contributed by atoms with Crippen LogP contribution in [0.5, 0.6) is 0 Å². The van der Waals surface area contributed by atoms with Crippen LogP contribution in [0.15, 0.2) is 24.3 Å². The molecule has 3 rings (SSSR count). The largest absolute Gasteiger partial charge is 0.396 e. The van der Waals surface area contributed by atoms with Crippen molar-refractivity contribution in [1.29, 1.82) is 0 Å². The SMILES string of the molecule is CC(C)n1nc(C(=O)NC2CCN(CC(C)(C)CO)CC2)c2ccccc21.Cl. The van der Waals surface area contributed by atoms with Crippen molar-refractivity contribution in [3.8, 4) is 0 Å². The van der Waals surface area contributed by atoms with Crippen LogP contribution in [-0.4, -0.2) is 58.0 Å². The number of para-hydroxylation sites is 1. The number of halogens is 1. The molecule has 6 nitrogen and oxygen atoms in total. The summed E-state index contributed by atoms with van der Waals surface area (Å²) in [6.45, 7) is 11.3. The Balaban J connectivity index is 0.00000280. The van der Waals surface area contributed by atoms with Crippen LogP contribution >= 0.6 is 12.4 Å². The third-order valence-corrected chi connectivity index (χ3v) is 5.32. The minimum atomic E-state index is -0.0846. The number of hydrogen-bond donors (Lipinski definition) is 2. The van der Waals surface area contributed by atoms with Crippen molar-refractivity contribution >= 4 is 29.2 Å².